The van der Waals surface area contributed by atoms with Crippen LogP contribution in [0.1, 0.15) is 39.1 Å². The molecule has 0 saturated carbocycles. The van der Waals surface area contributed by atoms with Crippen molar-refractivity contribution in [2.45, 2.75) is 44.7 Å². The summed E-state index contributed by atoms with van der Waals surface area (Å²) in [7, 11) is -3.81. The molecule has 2 aromatic heterocycles. The minimum Gasteiger partial charge on any atom is -0.337 e. The second-order valence-corrected chi connectivity index (χ2v) is 9.97. The summed E-state index contributed by atoms with van der Waals surface area (Å²) < 4.78 is 35.2. The van der Waals surface area contributed by atoms with Crippen molar-refractivity contribution in [1.82, 2.24) is 24.4 Å². The zero-order valence-corrected chi connectivity index (χ0v) is 19.8. The molecule has 0 aliphatic rings. The molecule has 178 valence electrons. The minimum absolute atomic E-state index is 0.119. The number of aromatic amines is 1. The number of nitrogens with zero attached hydrogens (tertiary/aromatic N) is 3. The fourth-order valence-corrected chi connectivity index (χ4v) is 5.01. The summed E-state index contributed by atoms with van der Waals surface area (Å²) in [5.74, 6) is 0.174. The van der Waals surface area contributed by atoms with E-state index in [2.05, 4.69) is 19.8 Å². The monoisotopic (exact) mass is 483 g/mol. The van der Waals surface area contributed by atoms with Gasteiger partial charge in [0.15, 0.2) is 0 Å². The number of aryl methyl sites for hydroxylation is 1. The lowest BCUT2D eigenvalue weighted by Gasteiger charge is -2.18. The molecule has 1 atom stereocenters. The maximum atomic E-state index is 12.8. The molecule has 0 amide bonds. The summed E-state index contributed by atoms with van der Waals surface area (Å²) in [4.78, 5) is 31.5. The number of nitrogens with one attached hydrogen (secondary N) is 2. The molecule has 11 heteroatoms. The quantitative estimate of drug-likeness (QED) is 0.367. The van der Waals surface area contributed by atoms with Gasteiger partial charge >= 0.3 is 11.1 Å². The fourth-order valence-electron chi connectivity index (χ4n) is 3.65. The molecule has 0 aliphatic heterocycles. The lowest BCUT2D eigenvalue weighted by molar-refractivity contribution is 0.311. The molecule has 0 bridgehead atoms. The molecule has 0 spiro atoms. The Balaban J connectivity index is 1.69. The first-order valence-electron chi connectivity index (χ1n) is 10.9. The van der Waals surface area contributed by atoms with Crippen molar-refractivity contribution in [3.63, 3.8) is 0 Å². The predicted molar refractivity (Wildman–Crippen MR) is 127 cm³/mol. The normalized spacial score (nSPS) is 12.9. The van der Waals surface area contributed by atoms with E-state index < -0.39 is 27.2 Å². The Bertz CT molecular complexity index is 1540. The Kier molecular flexibility index (Phi) is 6.49. The Hall–Kier alpha value is -3.57. The van der Waals surface area contributed by atoms with Crippen LogP contribution in [0.5, 0.6) is 0 Å². The van der Waals surface area contributed by atoms with Crippen LogP contribution in [0.4, 0.5) is 0 Å². The highest BCUT2D eigenvalue weighted by Crippen LogP contribution is 2.26. The van der Waals surface area contributed by atoms with Crippen LogP contribution in [0.3, 0.4) is 0 Å². The Labute approximate surface area is 195 Å². The highest BCUT2D eigenvalue weighted by atomic mass is 32.2. The average molecular weight is 484 g/mol. The van der Waals surface area contributed by atoms with Crippen molar-refractivity contribution in [3.8, 4) is 11.4 Å². The zero-order chi connectivity index (χ0) is 24.5. The van der Waals surface area contributed by atoms with E-state index in [1.165, 1.54) is 16.7 Å². The molecule has 4 aromatic rings. The van der Waals surface area contributed by atoms with Crippen molar-refractivity contribution in [2.75, 3.05) is 0 Å². The number of fused-ring (bicyclic) bond motifs is 1. The predicted octanol–water partition coefficient (Wildman–Crippen LogP) is 2.83. The van der Waals surface area contributed by atoms with Gasteiger partial charge < -0.3 is 14.1 Å². The van der Waals surface area contributed by atoms with Crippen molar-refractivity contribution in [2.24, 2.45) is 5.92 Å². The summed E-state index contributed by atoms with van der Waals surface area (Å²) in [6.45, 7) is 6.03. The largest absolute Gasteiger partial charge is 0.337 e. The number of aromatic nitrogens is 4. The third-order valence-corrected chi connectivity index (χ3v) is 6.85. The number of sulfonamides is 1. The van der Waals surface area contributed by atoms with Gasteiger partial charge in [0.05, 0.1) is 15.9 Å². The molecule has 2 heterocycles. The summed E-state index contributed by atoms with van der Waals surface area (Å²) in [6, 6.07) is 12.4. The van der Waals surface area contributed by atoms with Gasteiger partial charge in [0.25, 0.3) is 0 Å². The van der Waals surface area contributed by atoms with Crippen molar-refractivity contribution in [1.29, 1.82) is 0 Å². The zero-order valence-electron chi connectivity index (χ0n) is 19.0. The van der Waals surface area contributed by atoms with Crippen LogP contribution in [-0.4, -0.2) is 28.1 Å². The number of rotatable bonds is 8. The molecule has 2 aromatic carbocycles. The van der Waals surface area contributed by atoms with Gasteiger partial charge in [0.1, 0.15) is 6.04 Å². The second kappa shape index (κ2) is 9.35. The molecule has 0 radical (unpaired) electrons. The molecular weight excluding hydrogens is 458 g/mol. The molecule has 0 saturated heterocycles. The molecule has 0 fully saturated rings. The molecular formula is C23H25N5O5S. The van der Waals surface area contributed by atoms with E-state index in [9.17, 15) is 18.0 Å². The molecule has 0 aliphatic carbocycles. The lowest BCUT2D eigenvalue weighted by atomic mass is 10.1. The maximum Gasteiger partial charge on any atom is 0.316 e. The van der Waals surface area contributed by atoms with Gasteiger partial charge in [-0.05, 0) is 42.7 Å². The first-order chi connectivity index (χ1) is 16.2. The van der Waals surface area contributed by atoms with Crippen LogP contribution in [0.15, 0.2) is 67.5 Å². The molecule has 34 heavy (non-hydrogen) atoms. The van der Waals surface area contributed by atoms with E-state index in [0.29, 0.717) is 29.6 Å². The van der Waals surface area contributed by atoms with Crippen LogP contribution in [0.2, 0.25) is 0 Å². The van der Waals surface area contributed by atoms with Crippen LogP contribution in [0.25, 0.3) is 22.4 Å². The Morgan fingerprint density at radius 3 is 2.53 bits per heavy atom. The number of H-pyrrole nitrogens is 1. The van der Waals surface area contributed by atoms with Gasteiger partial charge in [0.2, 0.25) is 21.7 Å². The highest BCUT2D eigenvalue weighted by molar-refractivity contribution is 7.89. The fraction of sp³-hybridized carbons (Fsp3) is 0.304. The van der Waals surface area contributed by atoms with E-state index in [0.717, 1.165) is 0 Å². The van der Waals surface area contributed by atoms with Crippen molar-refractivity contribution < 1.29 is 12.9 Å². The van der Waals surface area contributed by atoms with Crippen molar-refractivity contribution in [3.05, 3.63) is 75.1 Å². The number of hydrogen-bond acceptors (Lipinski definition) is 7. The van der Waals surface area contributed by atoms with E-state index in [1.807, 2.05) is 20.8 Å². The van der Waals surface area contributed by atoms with Crippen LogP contribution in [0, 0.1) is 5.92 Å². The standard InChI is InChI=1S/C23H25N5O5S/c1-4-12-28-18-11-10-15(13-17(18)24-21(29)23(28)30)20-25-22(33-26-20)19(14(2)3)27-34(31,32)16-8-6-5-7-9-16/h5-11,13-14,19,27H,4,12H2,1-3H3,(H,24,29). The van der Waals surface area contributed by atoms with Gasteiger partial charge in [-0.15, -0.1) is 0 Å². The number of benzene rings is 2. The van der Waals surface area contributed by atoms with Gasteiger partial charge in [-0.1, -0.05) is 44.1 Å². The number of hydrogen-bond donors (Lipinski definition) is 2. The van der Waals surface area contributed by atoms with Crippen molar-refractivity contribution >= 4 is 21.1 Å². The summed E-state index contributed by atoms with van der Waals surface area (Å²) in [5, 5.41) is 4.02. The summed E-state index contributed by atoms with van der Waals surface area (Å²) in [6.07, 6.45) is 0.698. The maximum absolute atomic E-state index is 12.8. The first-order valence-corrected chi connectivity index (χ1v) is 12.4. The van der Waals surface area contributed by atoms with Gasteiger partial charge in [0, 0.05) is 12.1 Å². The summed E-state index contributed by atoms with van der Waals surface area (Å²) >= 11 is 0. The average Bonchev–Trinajstić information content (AvgIpc) is 3.30. The summed E-state index contributed by atoms with van der Waals surface area (Å²) in [5.41, 5.74) is 0.298. The smallest absolute Gasteiger partial charge is 0.316 e. The first kappa shape index (κ1) is 23.6. The molecule has 2 N–H and O–H groups in total. The topological polar surface area (TPSA) is 140 Å². The Morgan fingerprint density at radius 2 is 1.85 bits per heavy atom. The third-order valence-electron chi connectivity index (χ3n) is 5.39. The third kappa shape index (κ3) is 4.57. The second-order valence-electron chi connectivity index (χ2n) is 8.26. The van der Waals surface area contributed by atoms with Crippen LogP contribution in [-0.2, 0) is 16.6 Å². The van der Waals surface area contributed by atoms with Gasteiger partial charge in [-0.2, -0.15) is 9.71 Å². The molecule has 1 unspecified atom stereocenters. The van der Waals surface area contributed by atoms with Gasteiger partial charge in [-0.25, -0.2) is 8.42 Å². The molecule has 10 nitrogen and oxygen atoms in total. The van der Waals surface area contributed by atoms with E-state index in [-0.39, 0.29) is 22.5 Å². The molecule has 4 rings (SSSR count). The van der Waals surface area contributed by atoms with E-state index >= 15 is 0 Å². The van der Waals surface area contributed by atoms with Gasteiger partial charge in [-0.3, -0.25) is 9.59 Å². The van der Waals surface area contributed by atoms with Crippen LogP contribution < -0.4 is 15.8 Å². The van der Waals surface area contributed by atoms with Crippen LogP contribution >= 0.6 is 0 Å². The Morgan fingerprint density at radius 1 is 1.12 bits per heavy atom. The van der Waals surface area contributed by atoms with E-state index in [4.69, 9.17) is 4.52 Å². The highest BCUT2D eigenvalue weighted by Gasteiger charge is 2.28. The minimum atomic E-state index is -3.81. The van der Waals surface area contributed by atoms with E-state index in [1.54, 1.807) is 36.4 Å². The lowest BCUT2D eigenvalue weighted by Crippen LogP contribution is -2.36. The SMILES string of the molecule is CCCn1c(=O)c(=O)[nH]c2cc(-c3noc(C(NS(=O)(=O)c4ccccc4)C(C)C)n3)ccc21.